The number of aliphatic hydroxyl groups is 1. The lowest BCUT2D eigenvalue weighted by atomic mass is 10.0. The molecule has 1 aromatic carbocycles. The van der Waals surface area contributed by atoms with Crippen LogP contribution in [0.2, 0.25) is 0 Å². The summed E-state index contributed by atoms with van der Waals surface area (Å²) in [6.07, 6.45) is 12.7. The van der Waals surface area contributed by atoms with Crippen LogP contribution in [0.3, 0.4) is 0 Å². The normalized spacial score (nSPS) is 20.1. The highest BCUT2D eigenvalue weighted by atomic mass is 16.3. The Hall–Kier alpha value is -1.39. The van der Waals surface area contributed by atoms with Gasteiger partial charge in [-0.2, -0.15) is 0 Å². The lowest BCUT2D eigenvalue weighted by Gasteiger charge is -2.26. The molecular weight excluding hydrogens is 324 g/mol. The van der Waals surface area contributed by atoms with Crippen molar-refractivity contribution in [3.8, 4) is 0 Å². The van der Waals surface area contributed by atoms with Gasteiger partial charge in [-0.15, -0.1) is 0 Å². The molecule has 2 unspecified atom stereocenters. The minimum atomic E-state index is -0.374. The highest BCUT2D eigenvalue weighted by Gasteiger charge is 2.25. The predicted octanol–water partition coefficient (Wildman–Crippen LogP) is 4.42. The zero-order chi connectivity index (χ0) is 18.6. The van der Waals surface area contributed by atoms with Gasteiger partial charge >= 0.3 is 0 Å². The van der Waals surface area contributed by atoms with Crippen molar-refractivity contribution in [3.05, 3.63) is 29.8 Å². The summed E-state index contributed by atoms with van der Waals surface area (Å²) in [5, 5.41) is 15.8. The number of nitrogens with one attached hydrogen (secondary N) is 2. The van der Waals surface area contributed by atoms with E-state index in [-0.39, 0.29) is 18.1 Å². The molecule has 3 N–H and O–H groups in total. The molecule has 4 heteroatoms. The second-order valence-electron chi connectivity index (χ2n) is 7.60. The molecule has 0 bridgehead atoms. The number of aliphatic hydroxyl groups excluding tert-OH is 1. The number of piperidine rings is 1. The topological polar surface area (TPSA) is 61.4 Å². The number of amides is 1. The zero-order valence-corrected chi connectivity index (χ0v) is 16.3. The van der Waals surface area contributed by atoms with Gasteiger partial charge in [-0.05, 0) is 49.9 Å². The molecule has 1 aliphatic rings. The summed E-state index contributed by atoms with van der Waals surface area (Å²) < 4.78 is 0. The van der Waals surface area contributed by atoms with Gasteiger partial charge in [0.25, 0.3) is 0 Å². The molecule has 0 radical (unpaired) electrons. The summed E-state index contributed by atoms with van der Waals surface area (Å²) in [6, 6.07) is 7.89. The fourth-order valence-corrected chi connectivity index (χ4v) is 3.54. The van der Waals surface area contributed by atoms with Crippen molar-refractivity contribution in [2.45, 2.75) is 89.7 Å². The van der Waals surface area contributed by atoms with E-state index in [1.807, 2.05) is 12.1 Å². The Balaban J connectivity index is 1.62. The lowest BCUT2D eigenvalue weighted by molar-refractivity contribution is -0.119. The van der Waals surface area contributed by atoms with Crippen molar-refractivity contribution in [2.75, 3.05) is 11.9 Å². The number of unbranched alkanes of at least 4 members (excludes halogenated alkanes) is 7. The van der Waals surface area contributed by atoms with Crippen molar-refractivity contribution in [3.63, 3.8) is 0 Å². The third-order valence-corrected chi connectivity index (χ3v) is 5.23. The fraction of sp³-hybridized carbons (Fsp3) is 0.682. The maximum absolute atomic E-state index is 12.3. The molecule has 1 heterocycles. The van der Waals surface area contributed by atoms with Crippen LogP contribution in [0.5, 0.6) is 0 Å². The van der Waals surface area contributed by atoms with Crippen LogP contribution >= 0.6 is 0 Å². The second kappa shape index (κ2) is 12.1. The van der Waals surface area contributed by atoms with Crippen LogP contribution in [0, 0.1) is 0 Å². The first-order chi connectivity index (χ1) is 12.7. The standard InChI is InChI=1S/C22H36N2O2/c1-2-3-4-5-6-7-8-9-10-18-11-13-19(14-12-18)24-22(26)21-17-20(25)15-16-23-21/h11-14,20-21,23,25H,2-10,15-17H2,1H3,(H,24,26). The van der Waals surface area contributed by atoms with E-state index in [0.29, 0.717) is 13.0 Å². The van der Waals surface area contributed by atoms with Gasteiger partial charge in [-0.3, -0.25) is 4.79 Å². The Morgan fingerprint density at radius 2 is 1.73 bits per heavy atom. The van der Waals surface area contributed by atoms with E-state index in [9.17, 15) is 9.90 Å². The zero-order valence-electron chi connectivity index (χ0n) is 16.3. The summed E-state index contributed by atoms with van der Waals surface area (Å²) in [4.78, 5) is 12.3. The Labute approximate surface area is 158 Å². The Bertz CT molecular complexity index is 515. The Morgan fingerprint density at radius 1 is 1.08 bits per heavy atom. The molecule has 1 saturated heterocycles. The molecule has 1 aromatic rings. The fourth-order valence-electron chi connectivity index (χ4n) is 3.54. The largest absolute Gasteiger partial charge is 0.393 e. The molecule has 146 valence electrons. The highest BCUT2D eigenvalue weighted by Crippen LogP contribution is 2.16. The van der Waals surface area contributed by atoms with Crippen LogP contribution in [0.25, 0.3) is 0 Å². The third kappa shape index (κ3) is 7.88. The van der Waals surface area contributed by atoms with Crippen molar-refractivity contribution in [2.24, 2.45) is 0 Å². The average Bonchev–Trinajstić information content (AvgIpc) is 2.65. The number of carbonyl (C=O) groups excluding carboxylic acids is 1. The number of hydrogen-bond acceptors (Lipinski definition) is 3. The monoisotopic (exact) mass is 360 g/mol. The molecule has 2 atom stereocenters. The molecule has 0 aliphatic carbocycles. The summed E-state index contributed by atoms with van der Waals surface area (Å²) in [5.41, 5.74) is 2.16. The first kappa shape index (κ1) is 20.9. The number of benzene rings is 1. The van der Waals surface area contributed by atoms with E-state index in [2.05, 4.69) is 29.7 Å². The van der Waals surface area contributed by atoms with Crippen LogP contribution in [0.4, 0.5) is 5.69 Å². The van der Waals surface area contributed by atoms with Gasteiger partial charge in [0.05, 0.1) is 12.1 Å². The number of carbonyl (C=O) groups is 1. The second-order valence-corrected chi connectivity index (χ2v) is 7.60. The molecule has 1 aliphatic heterocycles. The number of rotatable bonds is 11. The van der Waals surface area contributed by atoms with Crippen molar-refractivity contribution in [1.82, 2.24) is 5.32 Å². The molecule has 26 heavy (non-hydrogen) atoms. The lowest BCUT2D eigenvalue weighted by Crippen LogP contribution is -2.47. The molecule has 1 fully saturated rings. The van der Waals surface area contributed by atoms with Gasteiger partial charge in [-0.25, -0.2) is 0 Å². The maximum Gasteiger partial charge on any atom is 0.241 e. The van der Waals surface area contributed by atoms with Crippen LogP contribution in [0.15, 0.2) is 24.3 Å². The van der Waals surface area contributed by atoms with Crippen LogP contribution in [-0.2, 0) is 11.2 Å². The van der Waals surface area contributed by atoms with Gasteiger partial charge in [-0.1, -0.05) is 64.0 Å². The van der Waals surface area contributed by atoms with Gasteiger partial charge in [0.2, 0.25) is 5.91 Å². The third-order valence-electron chi connectivity index (χ3n) is 5.23. The Kier molecular flexibility index (Phi) is 9.72. The van der Waals surface area contributed by atoms with E-state index in [0.717, 1.165) is 18.5 Å². The molecular formula is C22H36N2O2. The van der Waals surface area contributed by atoms with Gasteiger partial charge in [0.1, 0.15) is 0 Å². The van der Waals surface area contributed by atoms with Gasteiger partial charge < -0.3 is 15.7 Å². The van der Waals surface area contributed by atoms with Crippen molar-refractivity contribution in [1.29, 1.82) is 0 Å². The maximum atomic E-state index is 12.3. The number of anilines is 1. The minimum Gasteiger partial charge on any atom is -0.393 e. The minimum absolute atomic E-state index is 0.0560. The molecule has 4 nitrogen and oxygen atoms in total. The first-order valence-electron chi connectivity index (χ1n) is 10.5. The van der Waals surface area contributed by atoms with E-state index < -0.39 is 0 Å². The molecule has 0 saturated carbocycles. The molecule has 0 spiro atoms. The summed E-state index contributed by atoms with van der Waals surface area (Å²) in [5.74, 6) is -0.0560. The first-order valence-corrected chi connectivity index (χ1v) is 10.5. The highest BCUT2D eigenvalue weighted by molar-refractivity contribution is 5.94. The Morgan fingerprint density at radius 3 is 2.38 bits per heavy atom. The molecule has 0 aromatic heterocycles. The average molecular weight is 361 g/mol. The number of hydrogen-bond donors (Lipinski definition) is 3. The van der Waals surface area contributed by atoms with Crippen LogP contribution < -0.4 is 10.6 Å². The van der Waals surface area contributed by atoms with Gasteiger partial charge in [0.15, 0.2) is 0 Å². The summed E-state index contributed by atoms with van der Waals surface area (Å²) >= 11 is 0. The van der Waals surface area contributed by atoms with Crippen LogP contribution in [-0.4, -0.2) is 29.7 Å². The van der Waals surface area contributed by atoms with E-state index in [1.165, 1.54) is 56.9 Å². The van der Waals surface area contributed by atoms with E-state index >= 15 is 0 Å². The van der Waals surface area contributed by atoms with Crippen molar-refractivity contribution < 1.29 is 9.90 Å². The molecule has 1 amide bonds. The quantitative estimate of drug-likeness (QED) is 0.512. The van der Waals surface area contributed by atoms with Crippen molar-refractivity contribution >= 4 is 11.6 Å². The molecule has 2 rings (SSSR count). The number of aryl methyl sites for hydroxylation is 1. The summed E-state index contributed by atoms with van der Waals surface area (Å²) in [6.45, 7) is 2.95. The van der Waals surface area contributed by atoms with E-state index in [1.54, 1.807) is 0 Å². The SMILES string of the molecule is CCCCCCCCCCc1ccc(NC(=O)C2CC(O)CCN2)cc1. The predicted molar refractivity (Wildman–Crippen MR) is 108 cm³/mol. The van der Waals surface area contributed by atoms with Crippen LogP contribution in [0.1, 0.15) is 76.7 Å². The van der Waals surface area contributed by atoms with E-state index in [4.69, 9.17) is 0 Å². The van der Waals surface area contributed by atoms with Gasteiger partial charge in [0, 0.05) is 5.69 Å². The summed E-state index contributed by atoms with van der Waals surface area (Å²) in [7, 11) is 0. The smallest absolute Gasteiger partial charge is 0.241 e.